The molecule has 46 heteroatoms. The molecule has 0 bridgehead atoms. The van der Waals surface area contributed by atoms with Gasteiger partial charge in [-0.2, -0.15) is 51.6 Å². The van der Waals surface area contributed by atoms with Crippen molar-refractivity contribution in [3.05, 3.63) is 251 Å². The van der Waals surface area contributed by atoms with Crippen LogP contribution in [0.1, 0.15) is 63.3 Å². The summed E-state index contributed by atoms with van der Waals surface area (Å²) in [5.41, 5.74) is 8.69. The number of thiazole rings is 1. The van der Waals surface area contributed by atoms with E-state index in [4.69, 9.17) is 30.2 Å². The number of hydrogen-bond acceptors (Lipinski definition) is 28. The minimum absolute atomic E-state index is 0. The van der Waals surface area contributed by atoms with Crippen molar-refractivity contribution in [3.63, 3.8) is 0 Å². The van der Waals surface area contributed by atoms with E-state index in [0.29, 0.717) is 44.4 Å². The molecule has 17 rings (SSSR count). The number of rotatable bonds is 13. The summed E-state index contributed by atoms with van der Waals surface area (Å²) in [7, 11) is 18.6. The Morgan fingerprint density at radius 2 is 1.12 bits per heavy atom. The molecule has 3 aromatic carbocycles. The molecule has 0 saturated heterocycles. The van der Waals surface area contributed by atoms with Crippen LogP contribution in [0.25, 0.3) is 86.7 Å². The van der Waals surface area contributed by atoms with Gasteiger partial charge < -0.3 is 45.7 Å². The maximum Gasteiger partial charge on any atom is 2.00 e. The number of benzene rings is 3. The predicted octanol–water partition coefficient (Wildman–Crippen LogP) is 9.89. The molecule has 17 aromatic rings. The van der Waals surface area contributed by atoms with Crippen LogP contribution in [0, 0.1) is 27.7 Å². The Kier molecular flexibility index (Phi) is 43.1. The first kappa shape index (κ1) is 105. The van der Waals surface area contributed by atoms with Crippen LogP contribution in [0.5, 0.6) is 5.75 Å². The summed E-state index contributed by atoms with van der Waals surface area (Å²) in [6.07, 6.45) is 13.0. The van der Waals surface area contributed by atoms with Gasteiger partial charge in [0.1, 0.15) is 20.5 Å². The number of carbonyl (C=O) groups is 1. The molecule has 6 N–H and O–H groups in total. The fourth-order valence-corrected chi connectivity index (χ4v) is 12.9. The number of ketones is 1. The molecule has 0 spiro atoms. The Labute approximate surface area is 765 Å². The van der Waals surface area contributed by atoms with Gasteiger partial charge in [0.2, 0.25) is 11.6 Å². The zero-order chi connectivity index (χ0) is 83.2. The number of allylic oxidation sites excluding steroid dienone is 3. The van der Waals surface area contributed by atoms with Gasteiger partial charge in [-0.3, -0.25) is 9.78 Å². The van der Waals surface area contributed by atoms with Gasteiger partial charge in [-0.05, 0) is 154 Å². The topological polar surface area (TPSA) is 414 Å². The molecule has 0 radical (unpaired) electrons. The van der Waals surface area contributed by atoms with E-state index in [0.717, 1.165) is 93.7 Å². The second-order valence-corrected chi connectivity index (χ2v) is 30.0. The van der Waals surface area contributed by atoms with Crippen LogP contribution in [-0.4, -0.2) is 156 Å². The molecule has 654 valence electrons. The number of nitrogens with zero attached hydrogens (tertiary/aromatic N) is 22. The number of fused-ring (bicyclic) bond motifs is 4. The van der Waals surface area contributed by atoms with Crippen LogP contribution in [0.2, 0.25) is 0 Å². The van der Waals surface area contributed by atoms with Crippen molar-refractivity contribution in [1.82, 2.24) is 94.2 Å². The standard InChI is InChI=1S/C20H19N5.C19H15F3N6O.C17H16N6S.C15H11N5S2.C5H8O2.2ClH.5Ni.HO2P.H3O2P.2H2O/c1-14-19(20-22-21-15(2)25(20)23-14)13-16-9-11-18(12-10-16)24(3)17-7-5-4-6-8-17;1-27(2)15-8-7-11(10-23-15)9-13-16(19(20,21)22)26-28-17(24-25-18(13)28)12-5-3-4-6-14(12)29;1-11-13(10-12-7-8-15(24-12)22(2)3)16-19-20-17(23(16)21-11)14-6-4-5-9-18-14;1-10-12(6-2-4-11-5-3-8-21-11)13-17-18-14(20(13)19-10)15-16-7-9-22-15;1-4(6)3-5(2)7;;;;;;;;1-2-3-1;1-3-2;;/h4-13H,1-3H3;3-10,29H,1-2H3;4-10H,1-3H3;2-9H,1H3;3,6H,1-2H3;2*1H;;;;;;3H;1-3H;2*1H2/q;;;;;;;;;3*+2;;;;/p-4/b;;;;4-3-;;;;;;;;;;;. The zero-order valence-electron chi connectivity index (χ0n) is 65.6. The molecule has 0 saturated carbocycles. The van der Waals surface area contributed by atoms with Crippen molar-refractivity contribution in [2.24, 2.45) is 0 Å². The number of para-hydroxylation sites is 2. The van der Waals surface area contributed by atoms with Gasteiger partial charge in [-0.1, -0.05) is 85.5 Å². The van der Waals surface area contributed by atoms with Crippen molar-refractivity contribution < 1.29 is 136 Å². The molecule has 0 aliphatic heterocycles. The Hall–Kier alpha value is -9.65. The summed E-state index contributed by atoms with van der Waals surface area (Å²) in [5.74, 6) is 2.02. The Bertz CT molecular complexity index is 6300. The summed E-state index contributed by atoms with van der Waals surface area (Å²) in [5, 5.41) is 81.3. The van der Waals surface area contributed by atoms with Gasteiger partial charge in [-0.25, -0.2) is 18.7 Å². The smallest absolute Gasteiger partial charge is 0.241 e. The number of carbonyl (C=O) groups excluding carboxylic acids is 1. The van der Waals surface area contributed by atoms with Crippen LogP contribution in [-0.2, 0) is 89.6 Å². The van der Waals surface area contributed by atoms with Crippen molar-refractivity contribution >= 4 is 153 Å². The third kappa shape index (κ3) is 27.9. The average molecular weight is 2020 g/mol. The first-order chi connectivity index (χ1) is 55.8. The third-order valence-electron chi connectivity index (χ3n) is 16.1. The van der Waals surface area contributed by atoms with E-state index < -0.39 is 20.9 Å². The number of halogens is 5. The minimum atomic E-state index is -4.71. The number of alkyl halides is 3. The fraction of sp³-hybridized carbons (Fsp3) is 0.158. The van der Waals surface area contributed by atoms with Crippen LogP contribution in [0.3, 0.4) is 0 Å². The van der Waals surface area contributed by atoms with Gasteiger partial charge in [0.05, 0.1) is 27.3 Å². The largest absolute Gasteiger partial charge is 2.00 e. The number of aryl methyl sites for hydroxylation is 4. The fourth-order valence-electron chi connectivity index (χ4n) is 10.8. The molecule has 0 fully saturated rings. The zero-order valence-corrected chi connectivity index (χ0v) is 76.5. The summed E-state index contributed by atoms with van der Waals surface area (Å²) < 4.78 is 55.2. The number of thiophene rings is 2. The van der Waals surface area contributed by atoms with E-state index in [2.05, 4.69) is 180 Å². The molecule has 14 aromatic heterocycles. The molecule has 122 heavy (non-hydrogen) atoms. The van der Waals surface area contributed by atoms with E-state index in [-0.39, 0.29) is 116 Å². The number of anilines is 4. The van der Waals surface area contributed by atoms with Crippen LogP contribution in [0.15, 0.2) is 189 Å². The quantitative estimate of drug-likeness (QED) is 0.0356. The van der Waals surface area contributed by atoms with Crippen LogP contribution < -0.4 is 45.8 Å². The monoisotopic (exact) mass is 2010 g/mol. The molecule has 31 nitrogen and oxygen atoms in total. The molecule has 0 atom stereocenters. The maximum atomic E-state index is 13.6. The van der Waals surface area contributed by atoms with Gasteiger partial charge in [0.25, 0.3) is 0 Å². The van der Waals surface area contributed by atoms with Gasteiger partial charge >= 0.3 is 80.9 Å². The van der Waals surface area contributed by atoms with Crippen molar-refractivity contribution in [1.29, 1.82) is 0 Å². The Morgan fingerprint density at radius 1 is 0.582 bits per heavy atom. The SMILES string of the molecule is CC(=O)/C=C(/C)[O-].CN(C)c1ccc(C=c2c(C(F)(F)F)nn3c(-c4ccccc4[O-])nnc23)cn1.Cc1nn2c(-c3ccccn3)nnc2c1=Cc1ccc(N(C)C)s1.Cc1nn2c(-c3nccs3)nnc2c1=CC=Cc1cccs1.Cc1nn2c(C)nnc2c1=Cc1ccc(N(C)c2ccccc2)cc1.O.O.OPO.[Cl][Ni][Cl].[Ni+2].[Ni+2].[Ni].[Ni].o1o[pH]1. The number of hydrogen-bond donors (Lipinski definition) is 2. The Balaban J connectivity index is 0.000000317. The maximum absolute atomic E-state index is 13.6. The van der Waals surface area contributed by atoms with E-state index in [1.54, 1.807) is 71.7 Å². The van der Waals surface area contributed by atoms with E-state index in [1.807, 2.05) is 116 Å². The van der Waals surface area contributed by atoms with E-state index in [9.17, 15) is 28.2 Å². The third-order valence-corrected chi connectivity index (χ3v) is 19.1. The second-order valence-electron chi connectivity index (χ2n) is 24.7. The summed E-state index contributed by atoms with van der Waals surface area (Å²) >= 11 is 5.54. The van der Waals surface area contributed by atoms with Crippen molar-refractivity contribution in [2.45, 2.75) is 47.7 Å². The van der Waals surface area contributed by atoms with Gasteiger partial charge in [0.15, 0.2) is 50.7 Å². The molecule has 0 aliphatic rings. The predicted molar refractivity (Wildman–Crippen MR) is 450 cm³/mol. The van der Waals surface area contributed by atoms with Gasteiger partial charge in [0, 0.05) is 135 Å². The molecule has 14 heterocycles. The second kappa shape index (κ2) is 50.2. The molecule has 0 aliphatic carbocycles. The number of pyridine rings is 2. The van der Waals surface area contributed by atoms with E-state index in [1.165, 1.54) is 70.4 Å². The van der Waals surface area contributed by atoms with Crippen molar-refractivity contribution in [2.75, 3.05) is 49.9 Å². The summed E-state index contributed by atoms with van der Waals surface area (Å²) in [6, 6.07) is 42.1. The summed E-state index contributed by atoms with van der Waals surface area (Å²) in [4.78, 5) is 45.5. The van der Waals surface area contributed by atoms with Crippen molar-refractivity contribution in [3.8, 4) is 39.5 Å². The molecule has 0 unspecified atom stereocenters. The minimum Gasteiger partial charge on any atom is -0.241 e. The molecular formula is C76H75Cl2F3N22Ni5O9P2S3+2. The summed E-state index contributed by atoms with van der Waals surface area (Å²) in [6.45, 7) is 10.6. The number of aromatic nitrogens is 19. The normalized spacial score (nSPS) is 11.4. The first-order valence-electron chi connectivity index (χ1n) is 34.2. The first-order valence-corrected chi connectivity index (χ1v) is 41.2. The Morgan fingerprint density at radius 3 is 1.66 bits per heavy atom. The van der Waals surface area contributed by atoms with Gasteiger partial charge in [-0.15, -0.1) is 80.6 Å². The average Bonchev–Trinajstić information content (AvgIpc) is 1.66. The van der Waals surface area contributed by atoms with Crippen LogP contribution >= 0.6 is 72.1 Å². The van der Waals surface area contributed by atoms with E-state index >= 15 is 0 Å². The molecule has 0 amide bonds. The van der Waals surface area contributed by atoms with Crippen LogP contribution in [0.4, 0.5) is 35.4 Å². The molecular weight excluding hydrogens is 1940 g/mol.